The van der Waals surface area contributed by atoms with Crippen molar-refractivity contribution in [3.8, 4) is 17.6 Å². The van der Waals surface area contributed by atoms with Crippen LogP contribution in [0, 0.1) is 11.8 Å². The van der Waals surface area contributed by atoms with Gasteiger partial charge in [-0.2, -0.15) is 4.98 Å². The minimum Gasteiger partial charge on any atom is -0.494 e. The lowest BCUT2D eigenvalue weighted by Gasteiger charge is -2.29. The highest BCUT2D eigenvalue weighted by Crippen LogP contribution is 2.32. The predicted molar refractivity (Wildman–Crippen MR) is 187 cm³/mol. The van der Waals surface area contributed by atoms with E-state index in [-0.39, 0.29) is 66.4 Å². The van der Waals surface area contributed by atoms with Gasteiger partial charge in [-0.25, -0.2) is 13.2 Å². The second-order valence-corrected chi connectivity index (χ2v) is 14.5. The third-order valence-corrected chi connectivity index (χ3v) is 9.90. The van der Waals surface area contributed by atoms with Crippen molar-refractivity contribution in [2.75, 3.05) is 18.2 Å². The first kappa shape index (κ1) is 35.8. The number of rotatable bonds is 10. The number of aryl methyl sites for hydroxylation is 1. The molecule has 1 unspecified atom stereocenters. The number of sulfone groups is 1. The summed E-state index contributed by atoms with van der Waals surface area (Å²) in [6.45, 7) is 0.325. The second-order valence-electron chi connectivity index (χ2n) is 12.5. The molecule has 270 valence electrons. The molecule has 0 radical (unpaired) electrons. The topological polar surface area (TPSA) is 201 Å². The molecular weight excluding hydrogens is 694 g/mol. The number of hydrogen-bond donors (Lipinski definition) is 2. The van der Waals surface area contributed by atoms with E-state index in [0.717, 1.165) is 20.0 Å². The Morgan fingerprint density at radius 2 is 1.83 bits per heavy atom. The summed E-state index contributed by atoms with van der Waals surface area (Å²) in [5.74, 6) is 4.98. The molecular formula is C35H35N7O9S. The predicted octanol–water partition coefficient (Wildman–Crippen LogP) is 0.838. The van der Waals surface area contributed by atoms with Crippen LogP contribution in [0.5, 0.6) is 5.75 Å². The van der Waals surface area contributed by atoms with Gasteiger partial charge in [0.05, 0.1) is 13.2 Å². The molecule has 4 aromatic rings. The Morgan fingerprint density at radius 3 is 2.58 bits per heavy atom. The molecule has 1 fully saturated rings. The number of anilines is 1. The number of carbonyl (C=O) groups excluding carboxylic acids is 4. The van der Waals surface area contributed by atoms with Crippen LogP contribution in [-0.2, 0) is 51.4 Å². The van der Waals surface area contributed by atoms with Gasteiger partial charge < -0.3 is 19.5 Å². The molecule has 4 heterocycles. The molecule has 0 aliphatic carbocycles. The van der Waals surface area contributed by atoms with Gasteiger partial charge >= 0.3 is 5.69 Å². The largest absolute Gasteiger partial charge is 0.494 e. The molecule has 2 aromatic heterocycles. The summed E-state index contributed by atoms with van der Waals surface area (Å²) >= 11 is 0. The Balaban J connectivity index is 1.02. The molecule has 4 amide bonds. The molecule has 16 nitrogen and oxygen atoms in total. The number of fused-ring (bicyclic) bond motifs is 2. The zero-order valence-electron chi connectivity index (χ0n) is 28.6. The van der Waals surface area contributed by atoms with Gasteiger partial charge in [0, 0.05) is 62.1 Å². The Bertz CT molecular complexity index is 2450. The average Bonchev–Trinajstić information content (AvgIpc) is 3.62. The molecule has 2 aromatic carbocycles. The highest BCUT2D eigenvalue weighted by molar-refractivity contribution is 7.90. The van der Waals surface area contributed by atoms with Crippen LogP contribution >= 0.6 is 0 Å². The summed E-state index contributed by atoms with van der Waals surface area (Å²) in [5, 5.41) is 4.83. The molecule has 0 saturated carbocycles. The van der Waals surface area contributed by atoms with E-state index in [9.17, 15) is 37.2 Å². The van der Waals surface area contributed by atoms with Crippen molar-refractivity contribution in [3.05, 3.63) is 80.0 Å². The first-order valence-corrected chi connectivity index (χ1v) is 18.3. The number of piperidine rings is 1. The normalized spacial score (nSPS) is 15.6. The summed E-state index contributed by atoms with van der Waals surface area (Å²) in [4.78, 5) is 80.9. The highest BCUT2D eigenvalue weighted by Gasteiger charge is 2.40. The van der Waals surface area contributed by atoms with Crippen LogP contribution in [0.1, 0.15) is 53.6 Å². The van der Waals surface area contributed by atoms with Crippen molar-refractivity contribution < 1.29 is 32.3 Å². The van der Waals surface area contributed by atoms with E-state index in [1.165, 1.54) is 19.0 Å². The number of carbonyl (C=O) groups is 4. The fourth-order valence-electron chi connectivity index (χ4n) is 6.26. The monoisotopic (exact) mass is 729 g/mol. The van der Waals surface area contributed by atoms with Crippen molar-refractivity contribution in [3.63, 3.8) is 0 Å². The van der Waals surface area contributed by atoms with E-state index < -0.39 is 33.0 Å². The maximum atomic E-state index is 13.1. The fourth-order valence-corrected chi connectivity index (χ4v) is 7.10. The first-order chi connectivity index (χ1) is 24.7. The summed E-state index contributed by atoms with van der Waals surface area (Å²) in [5.41, 5.74) is 0.678. The first-order valence-electron chi connectivity index (χ1n) is 16.4. The average molecular weight is 730 g/mol. The van der Waals surface area contributed by atoms with Crippen LogP contribution in [0.3, 0.4) is 0 Å². The number of unbranched alkanes of at least 4 members (excludes halogenated alkanes) is 1. The summed E-state index contributed by atoms with van der Waals surface area (Å²) in [6, 6.07) is 11.3. The van der Waals surface area contributed by atoms with Crippen LogP contribution in [0.25, 0.3) is 11.2 Å². The van der Waals surface area contributed by atoms with E-state index in [2.05, 4.69) is 27.5 Å². The Kier molecular flexibility index (Phi) is 9.85. The molecule has 0 bridgehead atoms. The molecule has 6 rings (SSSR count). The molecule has 2 N–H and O–H groups in total. The number of ether oxygens (including phenoxy) is 1. The van der Waals surface area contributed by atoms with Crippen molar-refractivity contribution >= 4 is 50.3 Å². The minimum atomic E-state index is -3.77. The van der Waals surface area contributed by atoms with Gasteiger partial charge in [-0.05, 0) is 49.6 Å². The lowest BCUT2D eigenvalue weighted by molar-refractivity contribution is -0.137. The molecule has 2 aliphatic heterocycles. The lowest BCUT2D eigenvalue weighted by atomic mass is 10.0. The zero-order valence-corrected chi connectivity index (χ0v) is 29.4. The third-order valence-electron chi connectivity index (χ3n) is 8.88. The van der Waals surface area contributed by atoms with E-state index >= 15 is 0 Å². The second kappa shape index (κ2) is 14.3. The minimum absolute atomic E-state index is 0.0318. The van der Waals surface area contributed by atoms with E-state index in [4.69, 9.17) is 4.74 Å². The molecule has 1 atom stereocenters. The van der Waals surface area contributed by atoms with Gasteiger partial charge in [-0.3, -0.25) is 38.4 Å². The van der Waals surface area contributed by atoms with Crippen molar-refractivity contribution in [2.45, 2.75) is 56.4 Å². The number of nitrogens with one attached hydrogen (secondary N) is 2. The number of hydrogen-bond acceptors (Lipinski definition) is 10. The Hall–Kier alpha value is -6.02. The van der Waals surface area contributed by atoms with Crippen LogP contribution < -0.4 is 26.6 Å². The highest BCUT2D eigenvalue weighted by atomic mass is 32.2. The molecule has 2 aliphatic rings. The van der Waals surface area contributed by atoms with Crippen molar-refractivity contribution in [1.29, 1.82) is 0 Å². The quantitative estimate of drug-likeness (QED) is 0.134. The van der Waals surface area contributed by atoms with Crippen molar-refractivity contribution in [2.24, 2.45) is 14.1 Å². The summed E-state index contributed by atoms with van der Waals surface area (Å²) < 4.78 is 33.4. The standard InChI is InChI=1S/C35H35N7O9S/c1-39-29-30(38-34(39)52(3,49)50)41(35(48)40(2)33(29)47)17-8-10-21-9-6-11-22(19-21)51-18-5-4-14-27(43)36-25-13-7-12-23-24(25)20-42(32(23)46)26-15-16-28(44)37-31(26)45/h6-7,9,11-13,19,26H,4-5,14-18,20H2,1-3H3,(H,36,43)(H,37,44,45). The lowest BCUT2D eigenvalue weighted by Crippen LogP contribution is -2.52. The Morgan fingerprint density at radius 1 is 1.06 bits per heavy atom. The van der Waals surface area contributed by atoms with Gasteiger partial charge in [0.25, 0.3) is 11.5 Å². The van der Waals surface area contributed by atoms with E-state index in [1.807, 2.05) is 0 Å². The summed E-state index contributed by atoms with van der Waals surface area (Å²) in [6.07, 6.45) is 2.68. The number of benzene rings is 2. The zero-order chi connectivity index (χ0) is 37.3. The maximum Gasteiger partial charge on any atom is 0.333 e. The SMILES string of the molecule is Cn1c(=O)c2c(nc(S(C)(=O)=O)n2C)n(CC#Cc2cccc(OCCCCC(=O)Nc3cccc4c3CN(C3CCC(=O)NC3=O)C4=O)c2)c1=O. The number of aromatic nitrogens is 4. The fraction of sp³-hybridized carbons (Fsp3) is 0.343. The van der Waals surface area contributed by atoms with Crippen LogP contribution in [0.4, 0.5) is 5.69 Å². The molecule has 1 saturated heterocycles. The number of nitrogens with zero attached hydrogens (tertiary/aromatic N) is 5. The Labute approximate surface area is 297 Å². The van der Waals surface area contributed by atoms with Gasteiger partial charge in [-0.1, -0.05) is 24.0 Å². The number of imide groups is 1. The number of amides is 4. The third kappa shape index (κ3) is 7.10. The van der Waals surface area contributed by atoms with Gasteiger partial charge in [-0.15, -0.1) is 0 Å². The van der Waals surface area contributed by atoms with Crippen molar-refractivity contribution in [1.82, 2.24) is 28.9 Å². The summed E-state index contributed by atoms with van der Waals surface area (Å²) in [7, 11) is -1.08. The van der Waals surface area contributed by atoms with Crippen LogP contribution in [0.15, 0.2) is 57.2 Å². The van der Waals surface area contributed by atoms with E-state index in [0.29, 0.717) is 47.6 Å². The molecule has 0 spiro atoms. The van der Waals surface area contributed by atoms with Gasteiger partial charge in [0.15, 0.2) is 11.2 Å². The van der Waals surface area contributed by atoms with Gasteiger partial charge in [0.1, 0.15) is 11.8 Å². The molecule has 17 heteroatoms. The number of imidazole rings is 1. The van der Waals surface area contributed by atoms with Crippen LogP contribution in [-0.4, -0.2) is 74.5 Å². The smallest absolute Gasteiger partial charge is 0.333 e. The van der Waals surface area contributed by atoms with Crippen LogP contribution in [0.2, 0.25) is 0 Å². The van der Waals surface area contributed by atoms with Gasteiger partial charge in [0.2, 0.25) is 32.7 Å². The maximum absolute atomic E-state index is 13.1. The van der Waals surface area contributed by atoms with E-state index in [1.54, 1.807) is 42.5 Å². The molecule has 52 heavy (non-hydrogen) atoms.